The van der Waals surface area contributed by atoms with Gasteiger partial charge in [-0.15, -0.1) is 0 Å². The summed E-state index contributed by atoms with van der Waals surface area (Å²) in [5.74, 6) is 0.394. The Kier molecular flexibility index (Phi) is 5.04. The molecule has 0 fully saturated rings. The molecule has 5 heteroatoms. The van der Waals surface area contributed by atoms with E-state index in [1.54, 1.807) is 18.2 Å². The summed E-state index contributed by atoms with van der Waals surface area (Å²) >= 11 is 9.36. The van der Waals surface area contributed by atoms with Crippen molar-refractivity contribution in [2.45, 2.75) is 6.92 Å². The Balaban J connectivity index is 1.93. The van der Waals surface area contributed by atoms with E-state index in [-0.39, 0.29) is 12.5 Å². The predicted molar refractivity (Wildman–Crippen MR) is 84.5 cm³/mol. The molecule has 0 saturated carbocycles. The van der Waals surface area contributed by atoms with Crippen LogP contribution < -0.4 is 10.1 Å². The number of hydrogen-bond donors (Lipinski definition) is 1. The molecule has 0 aliphatic carbocycles. The zero-order valence-corrected chi connectivity index (χ0v) is 13.2. The van der Waals surface area contributed by atoms with E-state index in [0.717, 1.165) is 10.0 Å². The van der Waals surface area contributed by atoms with Gasteiger partial charge in [-0.1, -0.05) is 29.8 Å². The van der Waals surface area contributed by atoms with Crippen molar-refractivity contribution in [3.8, 4) is 5.75 Å². The van der Waals surface area contributed by atoms with E-state index in [1.807, 2.05) is 31.2 Å². The Morgan fingerprint density at radius 2 is 2.05 bits per heavy atom. The molecule has 2 aromatic rings. The van der Waals surface area contributed by atoms with Crippen molar-refractivity contribution in [2.24, 2.45) is 0 Å². The van der Waals surface area contributed by atoms with E-state index in [4.69, 9.17) is 16.3 Å². The zero-order chi connectivity index (χ0) is 14.5. The number of carbonyl (C=O) groups excluding carboxylic acids is 1. The van der Waals surface area contributed by atoms with Gasteiger partial charge < -0.3 is 10.1 Å². The molecule has 0 heterocycles. The fourth-order valence-corrected chi connectivity index (χ4v) is 2.15. The molecular weight excluding hydrogens is 342 g/mol. The van der Waals surface area contributed by atoms with Crippen LogP contribution in [0.1, 0.15) is 5.56 Å². The molecule has 1 N–H and O–H groups in total. The second-order valence-corrected chi connectivity index (χ2v) is 5.49. The van der Waals surface area contributed by atoms with Gasteiger partial charge in [0.05, 0.1) is 4.47 Å². The largest absolute Gasteiger partial charge is 0.483 e. The summed E-state index contributed by atoms with van der Waals surface area (Å²) in [7, 11) is 0. The number of hydrogen-bond acceptors (Lipinski definition) is 2. The van der Waals surface area contributed by atoms with Crippen molar-refractivity contribution in [2.75, 3.05) is 11.9 Å². The van der Waals surface area contributed by atoms with E-state index < -0.39 is 0 Å². The smallest absolute Gasteiger partial charge is 0.262 e. The van der Waals surface area contributed by atoms with Crippen molar-refractivity contribution < 1.29 is 9.53 Å². The van der Waals surface area contributed by atoms with Crippen LogP contribution >= 0.6 is 27.5 Å². The summed E-state index contributed by atoms with van der Waals surface area (Å²) in [5, 5.41) is 3.36. The van der Waals surface area contributed by atoms with Gasteiger partial charge in [-0.05, 0) is 52.7 Å². The number of carbonyl (C=O) groups is 1. The Morgan fingerprint density at radius 3 is 2.75 bits per heavy atom. The first-order chi connectivity index (χ1) is 9.56. The van der Waals surface area contributed by atoms with Crippen LogP contribution in [0.2, 0.25) is 5.02 Å². The van der Waals surface area contributed by atoms with Crippen LogP contribution in [0.15, 0.2) is 46.9 Å². The molecule has 0 unspecified atom stereocenters. The highest BCUT2D eigenvalue weighted by molar-refractivity contribution is 9.10. The molecular formula is C15H13BrClNO2. The molecule has 0 atom stereocenters. The fourth-order valence-electron chi connectivity index (χ4n) is 1.57. The molecule has 104 valence electrons. The van der Waals surface area contributed by atoms with E-state index in [1.165, 1.54) is 0 Å². The number of rotatable bonds is 4. The number of amides is 1. The van der Waals surface area contributed by atoms with Crippen molar-refractivity contribution in [1.82, 2.24) is 0 Å². The van der Waals surface area contributed by atoms with E-state index in [2.05, 4.69) is 21.2 Å². The van der Waals surface area contributed by atoms with Gasteiger partial charge in [0.2, 0.25) is 0 Å². The van der Waals surface area contributed by atoms with Crippen molar-refractivity contribution in [1.29, 1.82) is 0 Å². The average Bonchev–Trinajstić information content (AvgIpc) is 2.42. The summed E-state index contributed by atoms with van der Waals surface area (Å²) in [4.78, 5) is 11.8. The number of halogens is 2. The second-order valence-electron chi connectivity index (χ2n) is 4.23. The highest BCUT2D eigenvalue weighted by Crippen LogP contribution is 2.24. The van der Waals surface area contributed by atoms with E-state index in [0.29, 0.717) is 16.5 Å². The monoisotopic (exact) mass is 353 g/mol. The van der Waals surface area contributed by atoms with E-state index in [9.17, 15) is 4.79 Å². The lowest BCUT2D eigenvalue weighted by molar-refractivity contribution is -0.118. The van der Waals surface area contributed by atoms with Crippen molar-refractivity contribution in [3.63, 3.8) is 0 Å². The van der Waals surface area contributed by atoms with Crippen LogP contribution in [0.5, 0.6) is 5.75 Å². The van der Waals surface area contributed by atoms with Gasteiger partial charge >= 0.3 is 0 Å². The number of benzene rings is 2. The van der Waals surface area contributed by atoms with Gasteiger partial charge in [0.25, 0.3) is 5.91 Å². The minimum absolute atomic E-state index is 0.0614. The lowest BCUT2D eigenvalue weighted by Crippen LogP contribution is -2.20. The number of anilines is 1. The third-order valence-electron chi connectivity index (χ3n) is 2.65. The lowest BCUT2D eigenvalue weighted by Gasteiger charge is -2.09. The Bertz CT molecular complexity index is 631. The van der Waals surface area contributed by atoms with Crippen molar-refractivity contribution >= 4 is 39.1 Å². The van der Waals surface area contributed by atoms with Crippen LogP contribution in [-0.2, 0) is 4.79 Å². The maximum absolute atomic E-state index is 11.8. The van der Waals surface area contributed by atoms with E-state index >= 15 is 0 Å². The predicted octanol–water partition coefficient (Wildman–Crippen LogP) is 4.43. The van der Waals surface area contributed by atoms with Crippen molar-refractivity contribution in [3.05, 3.63) is 57.5 Å². The molecule has 2 rings (SSSR count). The van der Waals surface area contributed by atoms with Crippen LogP contribution in [0.25, 0.3) is 0 Å². The number of para-hydroxylation sites is 1. The molecule has 0 aliphatic rings. The standard InChI is InChI=1S/C15H13BrClNO2/c1-10-6-7-11(8-13(10)17)18-15(19)9-20-14-5-3-2-4-12(14)16/h2-8H,9H2,1H3,(H,18,19). The number of nitrogens with one attached hydrogen (secondary N) is 1. The highest BCUT2D eigenvalue weighted by Gasteiger charge is 2.06. The van der Waals surface area contributed by atoms with Crippen LogP contribution in [0.3, 0.4) is 0 Å². The topological polar surface area (TPSA) is 38.3 Å². The molecule has 1 amide bonds. The average molecular weight is 355 g/mol. The second kappa shape index (κ2) is 6.77. The molecule has 0 bridgehead atoms. The Hall–Kier alpha value is -1.52. The van der Waals surface area contributed by atoms with Gasteiger partial charge in [-0.2, -0.15) is 0 Å². The first-order valence-electron chi connectivity index (χ1n) is 5.99. The minimum Gasteiger partial charge on any atom is -0.483 e. The molecule has 2 aromatic carbocycles. The van der Waals surface area contributed by atoms with Gasteiger partial charge in [0.15, 0.2) is 6.61 Å². The SMILES string of the molecule is Cc1ccc(NC(=O)COc2ccccc2Br)cc1Cl. The normalized spacial score (nSPS) is 10.2. The Morgan fingerprint density at radius 1 is 1.30 bits per heavy atom. The summed E-state index contributed by atoms with van der Waals surface area (Å²) in [6, 6.07) is 12.7. The quantitative estimate of drug-likeness (QED) is 0.882. The van der Waals surface area contributed by atoms with Gasteiger partial charge in [-0.25, -0.2) is 0 Å². The summed E-state index contributed by atoms with van der Waals surface area (Å²) in [6.07, 6.45) is 0. The van der Waals surface area contributed by atoms with Gasteiger partial charge in [0, 0.05) is 10.7 Å². The van der Waals surface area contributed by atoms with Gasteiger partial charge in [-0.3, -0.25) is 4.79 Å². The molecule has 20 heavy (non-hydrogen) atoms. The molecule has 0 aliphatic heterocycles. The highest BCUT2D eigenvalue weighted by atomic mass is 79.9. The molecule has 0 radical (unpaired) electrons. The first kappa shape index (κ1) is 14.9. The molecule has 3 nitrogen and oxygen atoms in total. The lowest BCUT2D eigenvalue weighted by atomic mass is 10.2. The number of ether oxygens (including phenoxy) is 1. The third kappa shape index (κ3) is 3.99. The van der Waals surface area contributed by atoms with Crippen LogP contribution in [-0.4, -0.2) is 12.5 Å². The summed E-state index contributed by atoms with van der Waals surface area (Å²) in [6.45, 7) is 1.85. The summed E-state index contributed by atoms with van der Waals surface area (Å²) < 4.78 is 6.24. The first-order valence-corrected chi connectivity index (χ1v) is 7.16. The molecule has 0 saturated heterocycles. The zero-order valence-electron chi connectivity index (χ0n) is 10.8. The third-order valence-corrected chi connectivity index (χ3v) is 3.71. The number of aryl methyl sites for hydroxylation is 1. The fraction of sp³-hybridized carbons (Fsp3) is 0.133. The molecule has 0 spiro atoms. The molecule has 0 aromatic heterocycles. The minimum atomic E-state index is -0.235. The van der Waals surface area contributed by atoms with Crippen LogP contribution in [0, 0.1) is 6.92 Å². The maximum atomic E-state index is 11.8. The van der Waals surface area contributed by atoms with Crippen LogP contribution in [0.4, 0.5) is 5.69 Å². The maximum Gasteiger partial charge on any atom is 0.262 e. The Labute approximate surface area is 131 Å². The summed E-state index contributed by atoms with van der Waals surface area (Å²) in [5.41, 5.74) is 1.62. The van der Waals surface area contributed by atoms with Gasteiger partial charge in [0.1, 0.15) is 5.75 Å².